The number of ketones is 1. The first kappa shape index (κ1) is 15.9. The molecular formula is C15H25N3O3. The van der Waals surface area contributed by atoms with E-state index in [-0.39, 0.29) is 17.9 Å². The highest BCUT2D eigenvalue weighted by molar-refractivity contribution is 6.37. The van der Waals surface area contributed by atoms with Gasteiger partial charge in [0.15, 0.2) is 0 Å². The van der Waals surface area contributed by atoms with Gasteiger partial charge in [-0.3, -0.25) is 19.3 Å². The molecule has 2 fully saturated rings. The van der Waals surface area contributed by atoms with Crippen molar-refractivity contribution in [3.8, 4) is 0 Å². The summed E-state index contributed by atoms with van der Waals surface area (Å²) >= 11 is 0. The molecule has 2 amide bonds. The number of Topliss-reactive ketones (excluding diaryl/α,β-unsaturated/α-hetero) is 1. The minimum atomic E-state index is -0.979. The third-order valence-electron chi connectivity index (χ3n) is 4.86. The number of nitrogens with one attached hydrogen (secondary N) is 1. The molecule has 3 N–H and O–H groups in total. The van der Waals surface area contributed by atoms with Gasteiger partial charge in [-0.05, 0) is 37.6 Å². The summed E-state index contributed by atoms with van der Waals surface area (Å²) in [6.45, 7) is 4.94. The molecule has 2 aliphatic rings. The largest absolute Gasteiger partial charge is 0.363 e. The molecule has 1 aliphatic heterocycles. The number of likely N-dealkylation sites (tertiary alicyclic amines) is 1. The fourth-order valence-corrected chi connectivity index (χ4v) is 3.30. The van der Waals surface area contributed by atoms with Crippen LogP contribution in [0.25, 0.3) is 0 Å². The van der Waals surface area contributed by atoms with E-state index < -0.39 is 17.7 Å². The third-order valence-corrected chi connectivity index (χ3v) is 4.86. The highest BCUT2D eigenvalue weighted by Crippen LogP contribution is 2.48. The van der Waals surface area contributed by atoms with Gasteiger partial charge in [0.05, 0.1) is 12.1 Å². The lowest BCUT2D eigenvalue weighted by atomic mass is 9.96. The molecule has 21 heavy (non-hydrogen) atoms. The third kappa shape index (κ3) is 3.43. The van der Waals surface area contributed by atoms with Crippen LogP contribution in [0.4, 0.5) is 0 Å². The number of carbonyl (C=O) groups excluding carboxylic acids is 3. The average Bonchev–Trinajstić information content (AvgIpc) is 3.08. The van der Waals surface area contributed by atoms with Gasteiger partial charge in [-0.1, -0.05) is 20.3 Å². The number of carbonyl (C=O) groups is 3. The summed E-state index contributed by atoms with van der Waals surface area (Å²) in [6.07, 6.45) is 2.42. The Hall–Kier alpha value is -1.43. The second-order valence-corrected chi connectivity index (χ2v) is 6.58. The predicted octanol–water partition coefficient (Wildman–Crippen LogP) is -0.0881. The second kappa shape index (κ2) is 6.13. The molecule has 0 bridgehead atoms. The van der Waals surface area contributed by atoms with Gasteiger partial charge in [0.25, 0.3) is 5.91 Å². The number of primary amides is 1. The lowest BCUT2D eigenvalue weighted by molar-refractivity contribution is -0.139. The van der Waals surface area contributed by atoms with E-state index in [1.54, 1.807) is 0 Å². The van der Waals surface area contributed by atoms with Crippen LogP contribution in [0.2, 0.25) is 0 Å². The maximum absolute atomic E-state index is 12.4. The molecule has 1 heterocycles. The zero-order valence-electron chi connectivity index (χ0n) is 13.0. The molecule has 0 aromatic carbocycles. The number of hydrogen-bond acceptors (Lipinski definition) is 4. The normalized spacial score (nSPS) is 30.3. The van der Waals surface area contributed by atoms with Gasteiger partial charge in [0.1, 0.15) is 0 Å². The SMILES string of the molecule is CCC(C)CC(NC(=O)C1C2CC2CN1C)C(=O)C(N)=O. The molecule has 0 aromatic rings. The number of fused-ring (bicyclic) bond motifs is 1. The van der Waals surface area contributed by atoms with Gasteiger partial charge in [0.2, 0.25) is 11.7 Å². The molecule has 1 saturated carbocycles. The summed E-state index contributed by atoms with van der Waals surface area (Å²) in [5.74, 6) is -0.558. The molecule has 1 aliphatic carbocycles. The average molecular weight is 295 g/mol. The van der Waals surface area contributed by atoms with E-state index >= 15 is 0 Å². The number of nitrogens with zero attached hydrogens (tertiary/aromatic N) is 1. The van der Waals surface area contributed by atoms with E-state index in [0.29, 0.717) is 18.3 Å². The zero-order valence-corrected chi connectivity index (χ0v) is 13.0. The fraction of sp³-hybridized carbons (Fsp3) is 0.800. The van der Waals surface area contributed by atoms with Gasteiger partial charge in [0, 0.05) is 6.54 Å². The van der Waals surface area contributed by atoms with Crippen LogP contribution in [0.1, 0.15) is 33.1 Å². The quantitative estimate of drug-likeness (QED) is 0.642. The highest BCUT2D eigenvalue weighted by atomic mass is 16.2. The molecule has 6 heteroatoms. The second-order valence-electron chi connectivity index (χ2n) is 6.58. The molecule has 0 aromatic heterocycles. The lowest BCUT2D eigenvalue weighted by Gasteiger charge is -2.25. The van der Waals surface area contributed by atoms with Gasteiger partial charge in [-0.15, -0.1) is 0 Å². The molecule has 5 unspecified atom stereocenters. The standard InChI is InChI=1S/C15H25N3O3/c1-4-8(2)5-11(13(19)14(16)20)17-15(21)12-10-6-9(10)7-18(12)3/h8-12H,4-7H2,1-3H3,(H2,16,20)(H,17,21). The van der Waals surface area contributed by atoms with E-state index in [0.717, 1.165) is 19.4 Å². The van der Waals surface area contributed by atoms with Crippen molar-refractivity contribution in [2.24, 2.45) is 23.5 Å². The van der Waals surface area contributed by atoms with Gasteiger partial charge >= 0.3 is 0 Å². The number of likely N-dealkylation sites (N-methyl/N-ethyl adjacent to an activating group) is 1. The minimum Gasteiger partial charge on any atom is -0.363 e. The van der Waals surface area contributed by atoms with Gasteiger partial charge in [-0.25, -0.2) is 0 Å². The number of nitrogens with two attached hydrogens (primary N) is 1. The first-order valence-corrected chi connectivity index (χ1v) is 7.69. The Morgan fingerprint density at radius 1 is 1.38 bits per heavy atom. The predicted molar refractivity (Wildman–Crippen MR) is 78.2 cm³/mol. The Bertz CT molecular complexity index is 449. The van der Waals surface area contributed by atoms with Crippen molar-refractivity contribution in [1.82, 2.24) is 10.2 Å². The van der Waals surface area contributed by atoms with Crippen LogP contribution in [0.15, 0.2) is 0 Å². The van der Waals surface area contributed by atoms with Crippen molar-refractivity contribution in [3.05, 3.63) is 0 Å². The summed E-state index contributed by atoms with van der Waals surface area (Å²) in [5, 5.41) is 2.76. The summed E-state index contributed by atoms with van der Waals surface area (Å²) in [6, 6.07) is -0.966. The first-order chi connectivity index (χ1) is 9.85. The molecular weight excluding hydrogens is 270 g/mol. The lowest BCUT2D eigenvalue weighted by Crippen LogP contribution is -2.52. The monoisotopic (exact) mass is 295 g/mol. The van der Waals surface area contributed by atoms with E-state index in [1.807, 2.05) is 25.8 Å². The van der Waals surface area contributed by atoms with Crippen LogP contribution < -0.4 is 11.1 Å². The molecule has 0 spiro atoms. The van der Waals surface area contributed by atoms with E-state index in [1.165, 1.54) is 0 Å². The maximum atomic E-state index is 12.4. The fourth-order valence-electron chi connectivity index (χ4n) is 3.30. The summed E-state index contributed by atoms with van der Waals surface area (Å²) in [4.78, 5) is 37.6. The topological polar surface area (TPSA) is 92.5 Å². The van der Waals surface area contributed by atoms with Crippen molar-refractivity contribution in [3.63, 3.8) is 0 Å². The summed E-state index contributed by atoms with van der Waals surface area (Å²) in [5.41, 5.74) is 5.10. The Morgan fingerprint density at radius 2 is 2.05 bits per heavy atom. The summed E-state index contributed by atoms with van der Waals surface area (Å²) in [7, 11) is 1.93. The molecule has 2 rings (SSSR count). The zero-order chi connectivity index (χ0) is 15.7. The molecule has 118 valence electrons. The molecule has 0 radical (unpaired) electrons. The van der Waals surface area contributed by atoms with E-state index in [4.69, 9.17) is 5.73 Å². The summed E-state index contributed by atoms with van der Waals surface area (Å²) < 4.78 is 0. The van der Waals surface area contributed by atoms with Crippen LogP contribution in [-0.2, 0) is 14.4 Å². The van der Waals surface area contributed by atoms with Crippen LogP contribution >= 0.6 is 0 Å². The Morgan fingerprint density at radius 3 is 2.52 bits per heavy atom. The Balaban J connectivity index is 2.01. The van der Waals surface area contributed by atoms with Crippen molar-refractivity contribution in [2.75, 3.05) is 13.6 Å². The van der Waals surface area contributed by atoms with Crippen LogP contribution in [0.5, 0.6) is 0 Å². The van der Waals surface area contributed by atoms with Gasteiger partial charge < -0.3 is 11.1 Å². The number of hydrogen-bond donors (Lipinski definition) is 2. The van der Waals surface area contributed by atoms with Gasteiger partial charge in [-0.2, -0.15) is 0 Å². The van der Waals surface area contributed by atoms with E-state index in [2.05, 4.69) is 5.32 Å². The van der Waals surface area contributed by atoms with Crippen molar-refractivity contribution in [1.29, 1.82) is 0 Å². The maximum Gasteiger partial charge on any atom is 0.287 e. The molecule has 1 saturated heterocycles. The Kier molecular flexibility index (Phi) is 4.66. The number of rotatable bonds is 7. The van der Waals surface area contributed by atoms with Crippen molar-refractivity contribution < 1.29 is 14.4 Å². The minimum absolute atomic E-state index is 0.148. The first-order valence-electron chi connectivity index (χ1n) is 7.69. The van der Waals surface area contributed by atoms with Crippen molar-refractivity contribution in [2.45, 2.75) is 45.2 Å². The van der Waals surface area contributed by atoms with E-state index in [9.17, 15) is 14.4 Å². The van der Waals surface area contributed by atoms with Crippen molar-refractivity contribution >= 4 is 17.6 Å². The molecule has 6 nitrogen and oxygen atoms in total. The highest BCUT2D eigenvalue weighted by Gasteiger charge is 2.54. The smallest absolute Gasteiger partial charge is 0.287 e. The number of piperidine rings is 1. The van der Waals surface area contributed by atoms with Crippen LogP contribution in [-0.4, -0.2) is 48.2 Å². The van der Waals surface area contributed by atoms with Crippen LogP contribution in [0.3, 0.4) is 0 Å². The number of amides is 2. The Labute approximate surface area is 125 Å². The molecule has 5 atom stereocenters. The van der Waals surface area contributed by atoms with Crippen LogP contribution in [0, 0.1) is 17.8 Å².